The lowest BCUT2D eigenvalue weighted by atomic mass is 10.1. The van der Waals surface area contributed by atoms with Crippen LogP contribution in [-0.2, 0) is 0 Å². The Labute approximate surface area is 115 Å². The van der Waals surface area contributed by atoms with Crippen molar-refractivity contribution in [2.45, 2.75) is 6.92 Å². The van der Waals surface area contributed by atoms with E-state index in [0.717, 1.165) is 29.2 Å². The highest BCUT2D eigenvalue weighted by Gasteiger charge is 2.22. The lowest BCUT2D eigenvalue weighted by molar-refractivity contribution is 0.0702. The van der Waals surface area contributed by atoms with Crippen molar-refractivity contribution >= 4 is 22.3 Å². The van der Waals surface area contributed by atoms with Crippen LogP contribution in [0.4, 0.5) is 8.78 Å². The van der Waals surface area contributed by atoms with Crippen LogP contribution in [0.1, 0.15) is 15.4 Å². The van der Waals surface area contributed by atoms with Crippen LogP contribution >= 0.6 is 11.3 Å². The van der Waals surface area contributed by atoms with E-state index in [2.05, 4.69) is 4.98 Å². The maximum atomic E-state index is 13.4. The van der Waals surface area contributed by atoms with Crippen molar-refractivity contribution in [3.63, 3.8) is 0 Å². The quantitative estimate of drug-likeness (QED) is 0.788. The maximum absolute atomic E-state index is 13.4. The van der Waals surface area contributed by atoms with Gasteiger partial charge in [-0.3, -0.25) is 4.40 Å². The number of nitrogens with zero attached hydrogens (tertiary/aromatic N) is 2. The van der Waals surface area contributed by atoms with Gasteiger partial charge in [0.25, 0.3) is 0 Å². The first kappa shape index (κ1) is 12.7. The summed E-state index contributed by atoms with van der Waals surface area (Å²) < 4.78 is 28.0. The lowest BCUT2D eigenvalue weighted by Crippen LogP contribution is -1.99. The van der Waals surface area contributed by atoms with Crippen LogP contribution in [0.5, 0.6) is 0 Å². The molecule has 0 atom stereocenters. The summed E-state index contributed by atoms with van der Waals surface area (Å²) in [6.07, 6.45) is 1.60. The summed E-state index contributed by atoms with van der Waals surface area (Å²) in [6, 6.07) is 3.32. The van der Waals surface area contributed by atoms with Gasteiger partial charge in [-0.05, 0) is 25.1 Å². The number of thiazole rings is 1. The summed E-state index contributed by atoms with van der Waals surface area (Å²) in [7, 11) is 0. The van der Waals surface area contributed by atoms with Crippen molar-refractivity contribution in [3.8, 4) is 11.3 Å². The van der Waals surface area contributed by atoms with E-state index >= 15 is 0 Å². The number of imidazole rings is 1. The number of hydrogen-bond acceptors (Lipinski definition) is 3. The molecule has 0 aliphatic rings. The van der Waals surface area contributed by atoms with Gasteiger partial charge >= 0.3 is 5.97 Å². The number of rotatable bonds is 2. The third-order valence-corrected chi connectivity index (χ3v) is 3.97. The monoisotopic (exact) mass is 294 g/mol. The zero-order chi connectivity index (χ0) is 14.4. The molecule has 7 heteroatoms. The SMILES string of the molecule is Cc1cnc2sc(C(=O)O)c(-c3ccc(F)c(F)c3)n12. The van der Waals surface area contributed by atoms with Gasteiger partial charge in [0.05, 0.1) is 5.69 Å². The summed E-state index contributed by atoms with van der Waals surface area (Å²) in [5, 5.41) is 9.26. The predicted octanol–water partition coefficient (Wildman–Crippen LogP) is 3.35. The molecule has 2 aromatic heterocycles. The van der Waals surface area contributed by atoms with Crippen molar-refractivity contribution in [2.24, 2.45) is 0 Å². The van der Waals surface area contributed by atoms with E-state index in [0.29, 0.717) is 16.2 Å². The molecule has 0 unspecified atom stereocenters. The second-order valence-electron chi connectivity index (χ2n) is 4.23. The molecule has 1 N–H and O–H groups in total. The van der Waals surface area contributed by atoms with Gasteiger partial charge in [-0.15, -0.1) is 0 Å². The summed E-state index contributed by atoms with van der Waals surface area (Å²) in [6.45, 7) is 1.77. The van der Waals surface area contributed by atoms with Crippen molar-refractivity contribution in [1.29, 1.82) is 0 Å². The predicted molar refractivity (Wildman–Crippen MR) is 70.1 cm³/mol. The lowest BCUT2D eigenvalue weighted by Gasteiger charge is -2.04. The summed E-state index contributed by atoms with van der Waals surface area (Å²) in [4.78, 5) is 16.0. The van der Waals surface area contributed by atoms with Gasteiger partial charge in [0.2, 0.25) is 0 Å². The second-order valence-corrected chi connectivity index (χ2v) is 5.21. The van der Waals surface area contributed by atoms with Crippen molar-refractivity contribution in [3.05, 3.63) is 46.6 Å². The fraction of sp³-hybridized carbons (Fsp3) is 0.0769. The Bertz CT molecular complexity index is 838. The zero-order valence-corrected chi connectivity index (χ0v) is 11.0. The van der Waals surface area contributed by atoms with E-state index in [1.165, 1.54) is 6.07 Å². The number of carboxylic acid groups (broad SMARTS) is 1. The topological polar surface area (TPSA) is 54.6 Å². The molecule has 0 spiro atoms. The Balaban J connectivity index is 2.37. The van der Waals surface area contributed by atoms with Crippen LogP contribution in [0.25, 0.3) is 16.2 Å². The largest absolute Gasteiger partial charge is 0.477 e. The van der Waals surface area contributed by atoms with Gasteiger partial charge in [0.15, 0.2) is 16.6 Å². The third-order valence-electron chi connectivity index (χ3n) is 2.93. The van der Waals surface area contributed by atoms with E-state index in [9.17, 15) is 18.7 Å². The molecule has 2 heterocycles. The first-order valence-corrected chi connectivity index (χ1v) is 6.46. The first-order chi connectivity index (χ1) is 9.49. The second kappa shape index (κ2) is 4.38. The number of hydrogen-bond donors (Lipinski definition) is 1. The number of benzene rings is 1. The third kappa shape index (κ3) is 1.78. The Kier molecular flexibility index (Phi) is 2.79. The van der Waals surface area contributed by atoms with E-state index in [1.807, 2.05) is 0 Å². The minimum Gasteiger partial charge on any atom is -0.477 e. The minimum absolute atomic E-state index is 0.0437. The van der Waals surface area contributed by atoms with Gasteiger partial charge in [-0.1, -0.05) is 11.3 Å². The molecule has 0 saturated carbocycles. The molecule has 0 radical (unpaired) electrons. The average Bonchev–Trinajstić information content (AvgIpc) is 2.93. The molecular formula is C13H8F2N2O2S. The van der Waals surface area contributed by atoms with Crippen molar-refractivity contribution in [2.75, 3.05) is 0 Å². The van der Waals surface area contributed by atoms with Crippen LogP contribution in [-0.4, -0.2) is 20.5 Å². The van der Waals surface area contributed by atoms with E-state index < -0.39 is 17.6 Å². The van der Waals surface area contributed by atoms with Gasteiger partial charge in [-0.25, -0.2) is 18.6 Å². The molecule has 20 heavy (non-hydrogen) atoms. The molecule has 0 saturated heterocycles. The zero-order valence-electron chi connectivity index (χ0n) is 10.2. The molecule has 3 rings (SSSR count). The number of halogens is 2. The van der Waals surface area contributed by atoms with Crippen LogP contribution in [0, 0.1) is 18.6 Å². The van der Waals surface area contributed by atoms with E-state index in [1.54, 1.807) is 17.5 Å². The van der Waals surface area contributed by atoms with E-state index in [-0.39, 0.29) is 4.88 Å². The smallest absolute Gasteiger partial charge is 0.348 e. The molecule has 0 amide bonds. The number of aryl methyl sites for hydroxylation is 1. The molecule has 102 valence electrons. The molecular weight excluding hydrogens is 286 g/mol. The van der Waals surface area contributed by atoms with Crippen LogP contribution in [0.15, 0.2) is 24.4 Å². The minimum atomic E-state index is -1.13. The highest BCUT2D eigenvalue weighted by Crippen LogP contribution is 2.33. The molecule has 0 fully saturated rings. The molecule has 4 nitrogen and oxygen atoms in total. The molecule has 0 aliphatic carbocycles. The molecule has 3 aromatic rings. The number of aromatic nitrogens is 2. The number of carboxylic acids is 1. The van der Waals surface area contributed by atoms with Gasteiger partial charge < -0.3 is 5.11 Å². The van der Waals surface area contributed by atoms with Gasteiger partial charge in [0, 0.05) is 17.5 Å². The fourth-order valence-electron chi connectivity index (χ4n) is 2.05. The summed E-state index contributed by atoms with van der Waals surface area (Å²) >= 11 is 0.994. The molecule has 0 bridgehead atoms. The number of fused-ring (bicyclic) bond motifs is 1. The Morgan fingerprint density at radius 2 is 2.10 bits per heavy atom. The molecule has 1 aromatic carbocycles. The Morgan fingerprint density at radius 3 is 2.75 bits per heavy atom. The van der Waals surface area contributed by atoms with Crippen molar-refractivity contribution < 1.29 is 18.7 Å². The van der Waals surface area contributed by atoms with E-state index in [4.69, 9.17) is 0 Å². The summed E-state index contributed by atoms with van der Waals surface area (Å²) in [5.41, 5.74) is 1.34. The normalized spacial score (nSPS) is 11.2. The van der Waals surface area contributed by atoms with Crippen molar-refractivity contribution in [1.82, 2.24) is 9.38 Å². The van der Waals surface area contributed by atoms with Crippen LogP contribution in [0.2, 0.25) is 0 Å². The van der Waals surface area contributed by atoms with Crippen LogP contribution in [0.3, 0.4) is 0 Å². The fourth-order valence-corrected chi connectivity index (χ4v) is 3.06. The standard InChI is InChI=1S/C13H8F2N2O2S/c1-6-5-16-13-17(6)10(11(20-13)12(18)19)7-2-3-8(14)9(15)4-7/h2-5H,1H3,(H,18,19). The Hall–Kier alpha value is -2.28. The van der Waals surface area contributed by atoms with Crippen LogP contribution < -0.4 is 0 Å². The molecule has 0 aliphatic heterocycles. The number of aromatic carboxylic acids is 1. The average molecular weight is 294 g/mol. The highest BCUT2D eigenvalue weighted by molar-refractivity contribution is 7.19. The number of carbonyl (C=O) groups is 1. The Morgan fingerprint density at radius 1 is 1.35 bits per heavy atom. The maximum Gasteiger partial charge on any atom is 0.348 e. The van der Waals surface area contributed by atoms with Gasteiger partial charge in [-0.2, -0.15) is 0 Å². The first-order valence-electron chi connectivity index (χ1n) is 5.64. The summed E-state index contributed by atoms with van der Waals surface area (Å²) in [5.74, 6) is -3.12. The highest BCUT2D eigenvalue weighted by atomic mass is 32.1. The van der Waals surface area contributed by atoms with Gasteiger partial charge in [0.1, 0.15) is 4.88 Å².